The van der Waals surface area contributed by atoms with Gasteiger partial charge in [0.15, 0.2) is 11.7 Å². The summed E-state index contributed by atoms with van der Waals surface area (Å²) in [6.45, 7) is 0. The van der Waals surface area contributed by atoms with Crippen molar-refractivity contribution in [3.63, 3.8) is 0 Å². The van der Waals surface area contributed by atoms with Crippen LogP contribution in [0.2, 0.25) is 0 Å². The minimum absolute atomic E-state index is 0.0629. The van der Waals surface area contributed by atoms with Gasteiger partial charge in [0.2, 0.25) is 5.72 Å². The van der Waals surface area contributed by atoms with Gasteiger partial charge in [-0.15, -0.1) is 0 Å². The van der Waals surface area contributed by atoms with Crippen LogP contribution in [0.5, 0.6) is 0 Å². The molecule has 1 aliphatic rings. The van der Waals surface area contributed by atoms with Gasteiger partial charge in [-0.2, -0.15) is 0 Å². The molecule has 0 saturated heterocycles. The van der Waals surface area contributed by atoms with E-state index in [1.165, 1.54) is 24.3 Å². The van der Waals surface area contributed by atoms with Crippen molar-refractivity contribution in [1.29, 1.82) is 0 Å². The fraction of sp³-hybridized carbons (Fsp3) is 0.0476. The van der Waals surface area contributed by atoms with Gasteiger partial charge in [-0.05, 0) is 24.3 Å². The maximum Gasteiger partial charge on any atom is 0.269 e. The highest BCUT2D eigenvalue weighted by atomic mass is 16.6. The number of anilines is 1. The molecule has 0 radical (unpaired) electrons. The van der Waals surface area contributed by atoms with Crippen molar-refractivity contribution in [3.05, 3.63) is 106 Å². The average Bonchev–Trinajstić information content (AvgIpc) is 3.07. The van der Waals surface area contributed by atoms with Crippen LogP contribution in [0.4, 0.5) is 11.4 Å². The van der Waals surface area contributed by atoms with Crippen LogP contribution in [0.3, 0.4) is 0 Å². The Morgan fingerprint density at radius 2 is 1.50 bits per heavy atom. The first-order valence-electron chi connectivity index (χ1n) is 8.60. The van der Waals surface area contributed by atoms with Gasteiger partial charge >= 0.3 is 0 Å². The van der Waals surface area contributed by atoms with Crippen LogP contribution in [-0.2, 0) is 5.72 Å². The molecule has 2 N–H and O–H groups in total. The molecule has 1 heterocycles. The van der Waals surface area contributed by atoms with Gasteiger partial charge in [-0.1, -0.05) is 48.5 Å². The predicted octanol–water partition coefficient (Wildman–Crippen LogP) is 3.71. The van der Waals surface area contributed by atoms with Crippen molar-refractivity contribution >= 4 is 23.0 Å². The summed E-state index contributed by atoms with van der Waals surface area (Å²) in [6, 6.07) is 24.3. The first-order chi connectivity index (χ1) is 13.6. The molecule has 1 unspecified atom stereocenters. The third-order valence-corrected chi connectivity index (χ3v) is 4.36. The van der Waals surface area contributed by atoms with E-state index >= 15 is 0 Å². The Hall–Kier alpha value is -3.84. The van der Waals surface area contributed by atoms with E-state index in [0.29, 0.717) is 11.4 Å². The van der Waals surface area contributed by atoms with Crippen LogP contribution in [0, 0.1) is 10.1 Å². The molecule has 0 aliphatic carbocycles. The van der Waals surface area contributed by atoms with E-state index in [0.717, 1.165) is 11.3 Å². The van der Waals surface area contributed by atoms with Crippen LogP contribution in [0.15, 0.2) is 94.9 Å². The summed E-state index contributed by atoms with van der Waals surface area (Å²) in [5, 5.41) is 25.4. The predicted molar refractivity (Wildman–Crippen MR) is 107 cm³/mol. The van der Waals surface area contributed by atoms with Gasteiger partial charge in [-0.25, -0.2) is 9.98 Å². The van der Waals surface area contributed by atoms with E-state index in [1.54, 1.807) is 0 Å². The van der Waals surface area contributed by atoms with Gasteiger partial charge in [0.1, 0.15) is 0 Å². The Kier molecular flexibility index (Phi) is 4.42. The third kappa shape index (κ3) is 3.26. The van der Waals surface area contributed by atoms with E-state index < -0.39 is 10.6 Å². The summed E-state index contributed by atoms with van der Waals surface area (Å²) in [6.07, 6.45) is 0. The van der Waals surface area contributed by atoms with E-state index in [2.05, 4.69) is 15.3 Å². The van der Waals surface area contributed by atoms with Crippen LogP contribution in [-0.4, -0.2) is 21.7 Å². The van der Waals surface area contributed by atoms with Gasteiger partial charge in [0.05, 0.1) is 4.92 Å². The van der Waals surface area contributed by atoms with Gasteiger partial charge in [-0.3, -0.25) is 10.1 Å². The minimum atomic E-state index is -1.78. The van der Waals surface area contributed by atoms with E-state index in [4.69, 9.17) is 0 Å². The molecule has 0 spiro atoms. The standard InChI is InChI=1S/C21H16N4O3/c26-21(16-11-13-18(14-12-16)25(27)28)20(22-17-9-5-2-6-10-17)23-19(24-21)15-7-3-1-4-8-15/h1-14,26H,(H,22,23,24). The number of aliphatic hydroxyl groups is 1. The Labute approximate surface area is 160 Å². The SMILES string of the molecule is O=[N+]([O-])c1ccc(C2(O)N=C(c3ccccc3)N=C2Nc2ccccc2)cc1. The average molecular weight is 372 g/mol. The number of nitrogens with zero attached hydrogens (tertiary/aromatic N) is 3. The lowest BCUT2D eigenvalue weighted by Crippen LogP contribution is -2.36. The minimum Gasteiger partial charge on any atom is -0.359 e. The Morgan fingerprint density at radius 3 is 2.11 bits per heavy atom. The van der Waals surface area contributed by atoms with Crippen molar-refractivity contribution in [2.45, 2.75) is 5.72 Å². The number of rotatable bonds is 4. The summed E-state index contributed by atoms with van der Waals surface area (Å²) in [4.78, 5) is 19.4. The number of aliphatic imine (C=N–C) groups is 2. The lowest BCUT2D eigenvalue weighted by Gasteiger charge is -2.23. The maximum atomic E-state index is 11.4. The van der Waals surface area contributed by atoms with Gasteiger partial charge < -0.3 is 10.4 Å². The molecule has 3 aromatic carbocycles. The van der Waals surface area contributed by atoms with Crippen molar-refractivity contribution < 1.29 is 10.0 Å². The quantitative estimate of drug-likeness (QED) is 0.538. The number of hydrogen-bond donors (Lipinski definition) is 2. The highest BCUT2D eigenvalue weighted by Gasteiger charge is 2.41. The van der Waals surface area contributed by atoms with Crippen LogP contribution >= 0.6 is 0 Å². The number of nitro groups is 1. The number of benzene rings is 3. The Bertz CT molecular complexity index is 1060. The fourth-order valence-electron chi connectivity index (χ4n) is 2.92. The van der Waals surface area contributed by atoms with E-state index in [1.807, 2.05) is 60.7 Å². The molecule has 1 aliphatic heterocycles. The molecule has 7 heteroatoms. The molecule has 7 nitrogen and oxygen atoms in total. The number of para-hydroxylation sites is 1. The van der Waals surface area contributed by atoms with Crippen LogP contribution in [0.1, 0.15) is 11.1 Å². The molecule has 138 valence electrons. The summed E-state index contributed by atoms with van der Waals surface area (Å²) >= 11 is 0. The number of non-ortho nitro benzene ring substituents is 1. The zero-order valence-corrected chi connectivity index (χ0v) is 14.7. The Balaban J connectivity index is 1.77. The monoisotopic (exact) mass is 372 g/mol. The zero-order chi connectivity index (χ0) is 19.6. The number of nitrogens with one attached hydrogen (secondary N) is 1. The summed E-state index contributed by atoms with van der Waals surface area (Å²) < 4.78 is 0. The normalized spacial score (nSPS) is 18.3. The molecule has 4 rings (SSSR count). The van der Waals surface area contributed by atoms with Crippen molar-refractivity contribution in [3.8, 4) is 0 Å². The van der Waals surface area contributed by atoms with Crippen molar-refractivity contribution in [1.82, 2.24) is 0 Å². The van der Waals surface area contributed by atoms with Crippen molar-refractivity contribution in [2.24, 2.45) is 9.98 Å². The number of amidine groups is 2. The van der Waals surface area contributed by atoms with Gasteiger partial charge in [0.25, 0.3) is 5.69 Å². The molecule has 0 aromatic heterocycles. The molecular formula is C21H16N4O3. The highest BCUT2D eigenvalue weighted by molar-refractivity contribution is 6.17. The second-order valence-corrected chi connectivity index (χ2v) is 6.23. The number of hydrogen-bond acceptors (Lipinski definition) is 6. The molecule has 1 atom stereocenters. The van der Waals surface area contributed by atoms with Crippen LogP contribution < -0.4 is 5.32 Å². The zero-order valence-electron chi connectivity index (χ0n) is 14.7. The van der Waals surface area contributed by atoms with E-state index in [9.17, 15) is 15.2 Å². The molecule has 28 heavy (non-hydrogen) atoms. The lowest BCUT2D eigenvalue weighted by molar-refractivity contribution is -0.384. The maximum absolute atomic E-state index is 11.4. The Morgan fingerprint density at radius 1 is 0.893 bits per heavy atom. The second-order valence-electron chi connectivity index (χ2n) is 6.23. The molecule has 0 saturated carbocycles. The van der Waals surface area contributed by atoms with Crippen molar-refractivity contribution in [2.75, 3.05) is 5.32 Å². The molecular weight excluding hydrogens is 356 g/mol. The fourth-order valence-corrected chi connectivity index (χ4v) is 2.92. The molecule has 0 fully saturated rings. The summed E-state index contributed by atoms with van der Waals surface area (Å²) in [5.41, 5.74) is 0.0352. The first kappa shape index (κ1) is 17.6. The summed E-state index contributed by atoms with van der Waals surface area (Å²) in [7, 11) is 0. The topological polar surface area (TPSA) is 100 Å². The highest BCUT2D eigenvalue weighted by Crippen LogP contribution is 2.32. The van der Waals surface area contributed by atoms with Gasteiger partial charge in [0, 0.05) is 28.9 Å². The summed E-state index contributed by atoms with van der Waals surface area (Å²) in [5.74, 6) is 0.603. The van der Waals surface area contributed by atoms with E-state index in [-0.39, 0.29) is 11.5 Å². The largest absolute Gasteiger partial charge is 0.359 e. The lowest BCUT2D eigenvalue weighted by atomic mass is 10.0. The van der Waals surface area contributed by atoms with Crippen LogP contribution in [0.25, 0.3) is 0 Å². The molecule has 0 amide bonds. The molecule has 0 bridgehead atoms. The first-order valence-corrected chi connectivity index (χ1v) is 8.60. The smallest absolute Gasteiger partial charge is 0.269 e. The molecule has 3 aromatic rings. The number of nitro benzene ring substituents is 1. The third-order valence-electron chi connectivity index (χ3n) is 4.36. The second kappa shape index (κ2) is 7.05.